The third-order valence-corrected chi connectivity index (χ3v) is 3.47. The third kappa shape index (κ3) is 3.14. The maximum absolute atomic E-state index is 13.1. The van der Waals surface area contributed by atoms with Crippen molar-refractivity contribution in [2.75, 3.05) is 0 Å². The summed E-state index contributed by atoms with van der Waals surface area (Å²) in [6.07, 6.45) is 1.74. The number of carbonyl (C=O) groups is 1. The molecule has 1 aromatic heterocycles. The summed E-state index contributed by atoms with van der Waals surface area (Å²) in [4.78, 5) is 12.0. The highest BCUT2D eigenvalue weighted by Crippen LogP contribution is 2.15. The molecule has 0 aliphatic carbocycles. The number of halogens is 1. The molecule has 0 unspecified atom stereocenters. The Hall–Kier alpha value is -2.69. The zero-order valence-electron chi connectivity index (χ0n) is 12.2. The van der Waals surface area contributed by atoms with E-state index in [9.17, 15) is 9.18 Å². The quantitative estimate of drug-likeness (QED) is 0.805. The Balaban J connectivity index is 1.67. The first-order valence-electron chi connectivity index (χ1n) is 7.05. The summed E-state index contributed by atoms with van der Waals surface area (Å²) in [6, 6.07) is 12.2. The van der Waals surface area contributed by atoms with E-state index in [1.165, 1.54) is 12.1 Å². The number of aromatic nitrogens is 2. The second kappa shape index (κ2) is 5.97. The summed E-state index contributed by atoms with van der Waals surface area (Å²) in [5.74, 6) is -0.462. The predicted molar refractivity (Wildman–Crippen MR) is 82.7 cm³/mol. The number of carbonyl (C=O) groups excluding carboxylic acids is 1. The van der Waals surface area contributed by atoms with Crippen LogP contribution in [0.25, 0.3) is 10.9 Å². The third-order valence-electron chi connectivity index (χ3n) is 3.47. The lowest BCUT2D eigenvalue weighted by molar-refractivity contribution is -0.121. The molecule has 112 valence electrons. The molecule has 0 saturated heterocycles. The number of nitrogens with zero attached hydrogens (tertiary/aromatic N) is 2. The Kier molecular flexibility index (Phi) is 3.87. The van der Waals surface area contributed by atoms with E-state index < -0.39 is 0 Å². The van der Waals surface area contributed by atoms with Crippen molar-refractivity contribution in [3.63, 3.8) is 0 Å². The van der Waals surface area contributed by atoms with Crippen molar-refractivity contribution >= 4 is 16.8 Å². The topological polar surface area (TPSA) is 46.9 Å². The van der Waals surface area contributed by atoms with Crippen LogP contribution in [0.4, 0.5) is 4.39 Å². The fourth-order valence-corrected chi connectivity index (χ4v) is 2.35. The molecule has 5 heteroatoms. The molecule has 3 aromatic rings. The fourth-order valence-electron chi connectivity index (χ4n) is 2.35. The van der Waals surface area contributed by atoms with E-state index in [0.29, 0.717) is 6.54 Å². The molecule has 0 atom stereocenters. The fraction of sp³-hybridized carbons (Fsp3) is 0.176. The van der Waals surface area contributed by atoms with Gasteiger partial charge in [0, 0.05) is 11.9 Å². The van der Waals surface area contributed by atoms with Gasteiger partial charge in [0.05, 0.1) is 11.7 Å². The summed E-state index contributed by atoms with van der Waals surface area (Å²) in [7, 11) is 0. The van der Waals surface area contributed by atoms with E-state index in [0.717, 1.165) is 22.0 Å². The monoisotopic (exact) mass is 297 g/mol. The number of amides is 1. The number of rotatable bonds is 4. The molecule has 3 rings (SSSR count). The van der Waals surface area contributed by atoms with Crippen LogP contribution in [0.1, 0.15) is 11.1 Å². The molecule has 1 heterocycles. The second-order valence-corrected chi connectivity index (χ2v) is 5.27. The van der Waals surface area contributed by atoms with Crippen molar-refractivity contribution in [3.8, 4) is 0 Å². The Morgan fingerprint density at radius 3 is 2.95 bits per heavy atom. The van der Waals surface area contributed by atoms with Crippen LogP contribution in [0.2, 0.25) is 0 Å². The van der Waals surface area contributed by atoms with Gasteiger partial charge in [-0.15, -0.1) is 0 Å². The Morgan fingerprint density at radius 1 is 1.27 bits per heavy atom. The molecular weight excluding hydrogens is 281 g/mol. The number of fused-ring (bicyclic) bond motifs is 1. The first-order valence-corrected chi connectivity index (χ1v) is 7.05. The Labute approximate surface area is 127 Å². The minimum atomic E-state index is -0.305. The molecule has 1 amide bonds. The average Bonchev–Trinajstić information content (AvgIpc) is 2.88. The summed E-state index contributed by atoms with van der Waals surface area (Å²) in [5, 5.41) is 8.02. The molecule has 0 aliphatic rings. The molecule has 22 heavy (non-hydrogen) atoms. The van der Waals surface area contributed by atoms with Crippen molar-refractivity contribution in [3.05, 3.63) is 65.6 Å². The highest BCUT2D eigenvalue weighted by molar-refractivity contribution is 5.82. The van der Waals surface area contributed by atoms with Crippen LogP contribution in [0.3, 0.4) is 0 Å². The number of nitrogens with one attached hydrogen (secondary N) is 1. The van der Waals surface area contributed by atoms with Gasteiger partial charge < -0.3 is 5.32 Å². The van der Waals surface area contributed by atoms with Crippen LogP contribution >= 0.6 is 0 Å². The molecule has 0 saturated carbocycles. The average molecular weight is 297 g/mol. The lowest BCUT2D eigenvalue weighted by atomic mass is 10.2. The molecule has 1 N–H and O–H groups in total. The van der Waals surface area contributed by atoms with Crippen LogP contribution in [0.5, 0.6) is 0 Å². The molecule has 0 bridgehead atoms. The summed E-state index contributed by atoms with van der Waals surface area (Å²) >= 11 is 0. The van der Waals surface area contributed by atoms with Crippen molar-refractivity contribution in [2.45, 2.75) is 20.0 Å². The molecule has 0 aliphatic heterocycles. The number of hydrogen-bond donors (Lipinski definition) is 1. The minimum absolute atomic E-state index is 0.141. The Morgan fingerprint density at radius 2 is 2.14 bits per heavy atom. The summed E-state index contributed by atoms with van der Waals surface area (Å²) in [5.41, 5.74) is 2.78. The molecular formula is C17H16FN3O. The van der Waals surface area contributed by atoms with Gasteiger partial charge in [0.15, 0.2) is 0 Å². The highest BCUT2D eigenvalue weighted by atomic mass is 19.1. The van der Waals surface area contributed by atoms with Gasteiger partial charge in [0.2, 0.25) is 5.91 Å². The van der Waals surface area contributed by atoms with Gasteiger partial charge in [-0.2, -0.15) is 5.10 Å². The first-order chi connectivity index (χ1) is 10.6. The number of benzene rings is 2. The zero-order chi connectivity index (χ0) is 15.5. The minimum Gasteiger partial charge on any atom is -0.350 e. The normalized spacial score (nSPS) is 10.8. The summed E-state index contributed by atoms with van der Waals surface area (Å²) in [6.45, 7) is 2.44. The van der Waals surface area contributed by atoms with Crippen LogP contribution in [-0.2, 0) is 17.9 Å². The largest absolute Gasteiger partial charge is 0.350 e. The van der Waals surface area contributed by atoms with Crippen LogP contribution < -0.4 is 5.32 Å². The van der Waals surface area contributed by atoms with Crippen LogP contribution in [0.15, 0.2) is 48.7 Å². The highest BCUT2D eigenvalue weighted by Gasteiger charge is 2.08. The lowest BCUT2D eigenvalue weighted by Gasteiger charge is -2.07. The van der Waals surface area contributed by atoms with Gasteiger partial charge >= 0.3 is 0 Å². The second-order valence-electron chi connectivity index (χ2n) is 5.27. The SMILES string of the molecule is Cc1ccc2cnn(CC(=O)NCc3cccc(F)c3)c2c1. The molecule has 0 spiro atoms. The van der Waals surface area contributed by atoms with E-state index in [1.54, 1.807) is 23.0 Å². The van der Waals surface area contributed by atoms with Crippen molar-refractivity contribution in [1.29, 1.82) is 0 Å². The van der Waals surface area contributed by atoms with Gasteiger partial charge in [-0.05, 0) is 36.2 Å². The van der Waals surface area contributed by atoms with Gasteiger partial charge in [-0.25, -0.2) is 4.39 Å². The van der Waals surface area contributed by atoms with Gasteiger partial charge in [0.25, 0.3) is 0 Å². The lowest BCUT2D eigenvalue weighted by Crippen LogP contribution is -2.27. The van der Waals surface area contributed by atoms with Gasteiger partial charge in [-0.3, -0.25) is 9.48 Å². The van der Waals surface area contributed by atoms with Crippen LogP contribution in [0, 0.1) is 12.7 Å². The standard InChI is InChI=1S/C17H16FN3O/c1-12-5-6-14-10-20-21(16(14)7-12)11-17(22)19-9-13-3-2-4-15(18)8-13/h2-8,10H,9,11H2,1H3,(H,19,22). The van der Waals surface area contributed by atoms with Crippen molar-refractivity contribution in [2.24, 2.45) is 0 Å². The predicted octanol–water partition coefficient (Wildman–Crippen LogP) is 2.80. The molecule has 0 fully saturated rings. The number of aryl methyl sites for hydroxylation is 1. The zero-order valence-corrected chi connectivity index (χ0v) is 12.2. The smallest absolute Gasteiger partial charge is 0.242 e. The maximum atomic E-state index is 13.1. The molecule has 2 aromatic carbocycles. The van der Waals surface area contributed by atoms with E-state index in [4.69, 9.17) is 0 Å². The van der Waals surface area contributed by atoms with Crippen molar-refractivity contribution in [1.82, 2.24) is 15.1 Å². The summed E-state index contributed by atoms with van der Waals surface area (Å²) < 4.78 is 14.8. The van der Waals surface area contributed by atoms with E-state index in [-0.39, 0.29) is 18.3 Å². The Bertz CT molecular complexity index is 826. The van der Waals surface area contributed by atoms with Crippen LogP contribution in [-0.4, -0.2) is 15.7 Å². The van der Waals surface area contributed by atoms with E-state index in [2.05, 4.69) is 10.4 Å². The molecule has 4 nitrogen and oxygen atoms in total. The van der Waals surface area contributed by atoms with E-state index >= 15 is 0 Å². The van der Waals surface area contributed by atoms with Gasteiger partial charge in [0.1, 0.15) is 12.4 Å². The van der Waals surface area contributed by atoms with Gasteiger partial charge in [-0.1, -0.05) is 24.3 Å². The first kappa shape index (κ1) is 14.3. The number of hydrogen-bond acceptors (Lipinski definition) is 2. The van der Waals surface area contributed by atoms with Crippen molar-refractivity contribution < 1.29 is 9.18 Å². The maximum Gasteiger partial charge on any atom is 0.242 e. The molecule has 0 radical (unpaired) electrons. The van der Waals surface area contributed by atoms with E-state index in [1.807, 2.05) is 25.1 Å².